The monoisotopic (exact) mass is 357 g/mol. The highest BCUT2D eigenvalue weighted by atomic mass is 16.5. The lowest BCUT2D eigenvalue weighted by Gasteiger charge is -2.26. The van der Waals surface area contributed by atoms with Gasteiger partial charge in [-0.1, -0.05) is 0 Å². The van der Waals surface area contributed by atoms with Gasteiger partial charge in [-0.3, -0.25) is 4.90 Å². The molecule has 0 bridgehead atoms. The van der Waals surface area contributed by atoms with E-state index in [-0.39, 0.29) is 0 Å². The highest BCUT2D eigenvalue weighted by molar-refractivity contribution is 5.57. The number of morpholine rings is 1. The van der Waals surface area contributed by atoms with Gasteiger partial charge in [0.1, 0.15) is 18.2 Å². The van der Waals surface area contributed by atoms with Gasteiger partial charge in [0.05, 0.1) is 13.2 Å². The molecule has 2 fully saturated rings. The van der Waals surface area contributed by atoms with E-state index in [4.69, 9.17) is 14.2 Å². The molecule has 0 aliphatic carbocycles. The van der Waals surface area contributed by atoms with Crippen LogP contribution >= 0.6 is 0 Å². The van der Waals surface area contributed by atoms with Gasteiger partial charge >= 0.3 is 0 Å². The standard InChI is InChI=1S/C20H27N3O3/c1-3-19(26-16-11-22-9-14-25-15-10-22)4-2-17(1)20-21-7-8-23(20)18-5-12-24-13-6-18/h1-4,7-8,18H,5-6,9-16H2. The van der Waals surface area contributed by atoms with Crippen LogP contribution in [0.3, 0.4) is 0 Å². The van der Waals surface area contributed by atoms with Crippen LogP contribution in [-0.4, -0.2) is 67.1 Å². The van der Waals surface area contributed by atoms with Crippen molar-refractivity contribution < 1.29 is 14.2 Å². The first-order chi connectivity index (χ1) is 12.9. The second kappa shape index (κ2) is 8.66. The van der Waals surface area contributed by atoms with Gasteiger partial charge in [0.2, 0.25) is 0 Å². The molecule has 2 aliphatic heterocycles. The Kier molecular flexibility index (Phi) is 5.84. The molecule has 26 heavy (non-hydrogen) atoms. The van der Waals surface area contributed by atoms with Crippen molar-refractivity contribution in [2.75, 3.05) is 52.7 Å². The molecule has 0 N–H and O–H groups in total. The second-order valence-corrected chi connectivity index (χ2v) is 6.83. The summed E-state index contributed by atoms with van der Waals surface area (Å²) in [6.45, 7) is 6.96. The smallest absolute Gasteiger partial charge is 0.140 e. The van der Waals surface area contributed by atoms with Crippen molar-refractivity contribution >= 4 is 0 Å². The van der Waals surface area contributed by atoms with Crippen molar-refractivity contribution in [1.82, 2.24) is 14.5 Å². The third-order valence-electron chi connectivity index (χ3n) is 5.15. The molecule has 1 aromatic carbocycles. The fourth-order valence-electron chi connectivity index (χ4n) is 3.61. The molecule has 0 unspecified atom stereocenters. The van der Waals surface area contributed by atoms with Gasteiger partial charge in [0.15, 0.2) is 0 Å². The molecule has 2 saturated heterocycles. The van der Waals surface area contributed by atoms with E-state index >= 15 is 0 Å². The molecule has 1 aromatic heterocycles. The van der Waals surface area contributed by atoms with E-state index in [1.807, 2.05) is 18.3 Å². The lowest BCUT2D eigenvalue weighted by Crippen LogP contribution is -2.38. The predicted octanol–water partition coefficient (Wildman–Crippen LogP) is 2.61. The summed E-state index contributed by atoms with van der Waals surface area (Å²) in [4.78, 5) is 6.95. The number of hydrogen-bond donors (Lipinski definition) is 0. The first-order valence-electron chi connectivity index (χ1n) is 9.54. The van der Waals surface area contributed by atoms with Crippen LogP contribution in [0.5, 0.6) is 5.75 Å². The van der Waals surface area contributed by atoms with Crippen molar-refractivity contribution in [2.24, 2.45) is 0 Å². The summed E-state index contributed by atoms with van der Waals surface area (Å²) in [6, 6.07) is 8.76. The topological polar surface area (TPSA) is 48.8 Å². The van der Waals surface area contributed by atoms with Crippen LogP contribution in [-0.2, 0) is 9.47 Å². The Bertz CT molecular complexity index is 674. The summed E-state index contributed by atoms with van der Waals surface area (Å²) in [5.74, 6) is 1.93. The van der Waals surface area contributed by atoms with Crippen molar-refractivity contribution in [3.05, 3.63) is 36.7 Å². The largest absolute Gasteiger partial charge is 0.492 e. The third kappa shape index (κ3) is 4.26. The zero-order chi connectivity index (χ0) is 17.6. The Labute approximate surface area is 154 Å². The highest BCUT2D eigenvalue weighted by Crippen LogP contribution is 2.28. The van der Waals surface area contributed by atoms with E-state index in [0.29, 0.717) is 12.6 Å². The number of hydrogen-bond acceptors (Lipinski definition) is 5. The maximum Gasteiger partial charge on any atom is 0.140 e. The number of benzene rings is 1. The summed E-state index contributed by atoms with van der Waals surface area (Å²) in [5.41, 5.74) is 1.13. The van der Waals surface area contributed by atoms with Gasteiger partial charge in [-0.25, -0.2) is 4.98 Å². The first-order valence-corrected chi connectivity index (χ1v) is 9.54. The molecule has 0 amide bonds. The van der Waals surface area contributed by atoms with E-state index in [1.54, 1.807) is 0 Å². The van der Waals surface area contributed by atoms with E-state index in [9.17, 15) is 0 Å². The zero-order valence-electron chi connectivity index (χ0n) is 15.2. The minimum Gasteiger partial charge on any atom is -0.492 e. The van der Waals surface area contributed by atoms with E-state index in [2.05, 4.69) is 32.8 Å². The SMILES string of the molecule is c1cn(C2CCOCC2)c(-c2ccc(OCCN3CCOCC3)cc2)n1. The molecule has 6 nitrogen and oxygen atoms in total. The summed E-state index contributed by atoms with van der Waals surface area (Å²) >= 11 is 0. The van der Waals surface area contributed by atoms with Crippen molar-refractivity contribution in [3.8, 4) is 17.1 Å². The number of nitrogens with zero attached hydrogens (tertiary/aromatic N) is 3. The molecule has 0 saturated carbocycles. The highest BCUT2D eigenvalue weighted by Gasteiger charge is 2.19. The molecule has 140 valence electrons. The fraction of sp³-hybridized carbons (Fsp3) is 0.550. The molecule has 4 rings (SSSR count). The predicted molar refractivity (Wildman–Crippen MR) is 99.5 cm³/mol. The summed E-state index contributed by atoms with van der Waals surface area (Å²) in [7, 11) is 0. The zero-order valence-corrected chi connectivity index (χ0v) is 15.2. The minimum absolute atomic E-state index is 0.477. The second-order valence-electron chi connectivity index (χ2n) is 6.83. The lowest BCUT2D eigenvalue weighted by molar-refractivity contribution is 0.0322. The van der Waals surface area contributed by atoms with Crippen LogP contribution in [0.1, 0.15) is 18.9 Å². The van der Waals surface area contributed by atoms with E-state index in [0.717, 1.165) is 76.0 Å². The lowest BCUT2D eigenvalue weighted by atomic mass is 10.1. The Morgan fingerprint density at radius 2 is 1.73 bits per heavy atom. The maximum atomic E-state index is 5.90. The molecular weight excluding hydrogens is 330 g/mol. The molecule has 6 heteroatoms. The maximum absolute atomic E-state index is 5.90. The Hall–Kier alpha value is -1.89. The summed E-state index contributed by atoms with van der Waals surface area (Å²) < 4.78 is 19.0. The van der Waals surface area contributed by atoms with Crippen LogP contribution < -0.4 is 4.74 Å². The molecule has 2 aliphatic rings. The quantitative estimate of drug-likeness (QED) is 0.795. The number of ether oxygens (including phenoxy) is 3. The average molecular weight is 357 g/mol. The average Bonchev–Trinajstić information content (AvgIpc) is 3.20. The minimum atomic E-state index is 0.477. The molecule has 0 radical (unpaired) electrons. The fourth-order valence-corrected chi connectivity index (χ4v) is 3.61. The molecule has 2 aromatic rings. The number of aromatic nitrogens is 2. The third-order valence-corrected chi connectivity index (χ3v) is 5.15. The molecule has 0 atom stereocenters. The molecule has 3 heterocycles. The Morgan fingerprint density at radius 1 is 1.00 bits per heavy atom. The van der Waals surface area contributed by atoms with Gasteiger partial charge in [0.25, 0.3) is 0 Å². The first kappa shape index (κ1) is 17.5. The van der Waals surface area contributed by atoms with Gasteiger partial charge in [0, 0.05) is 56.8 Å². The van der Waals surface area contributed by atoms with E-state index in [1.165, 1.54) is 0 Å². The Balaban J connectivity index is 1.35. The van der Waals surface area contributed by atoms with Gasteiger partial charge in [-0.15, -0.1) is 0 Å². The normalized spacial score (nSPS) is 19.5. The van der Waals surface area contributed by atoms with Crippen LogP contribution in [0, 0.1) is 0 Å². The summed E-state index contributed by atoms with van der Waals surface area (Å²) in [6.07, 6.45) is 6.06. The van der Waals surface area contributed by atoms with Crippen LogP contribution in [0.2, 0.25) is 0 Å². The van der Waals surface area contributed by atoms with Crippen LogP contribution in [0.25, 0.3) is 11.4 Å². The Morgan fingerprint density at radius 3 is 2.50 bits per heavy atom. The molecule has 0 spiro atoms. The van der Waals surface area contributed by atoms with Crippen molar-refractivity contribution in [2.45, 2.75) is 18.9 Å². The van der Waals surface area contributed by atoms with E-state index < -0.39 is 0 Å². The summed E-state index contributed by atoms with van der Waals surface area (Å²) in [5, 5.41) is 0. The van der Waals surface area contributed by atoms with Crippen LogP contribution in [0.15, 0.2) is 36.7 Å². The van der Waals surface area contributed by atoms with Crippen molar-refractivity contribution in [1.29, 1.82) is 0 Å². The van der Waals surface area contributed by atoms with Gasteiger partial charge in [-0.05, 0) is 37.1 Å². The number of imidazole rings is 1. The number of rotatable bonds is 6. The van der Waals surface area contributed by atoms with Gasteiger partial charge in [-0.2, -0.15) is 0 Å². The molecular formula is C20H27N3O3. The van der Waals surface area contributed by atoms with Crippen molar-refractivity contribution in [3.63, 3.8) is 0 Å². The van der Waals surface area contributed by atoms with Gasteiger partial charge < -0.3 is 18.8 Å². The van der Waals surface area contributed by atoms with Crippen LogP contribution in [0.4, 0.5) is 0 Å².